The van der Waals surface area contributed by atoms with Crippen LogP contribution in [-0.4, -0.2) is 184 Å². The van der Waals surface area contributed by atoms with E-state index in [0.29, 0.717) is 84.2 Å². The molecule has 107 heavy (non-hydrogen) atoms. The lowest BCUT2D eigenvalue weighted by molar-refractivity contribution is -0.142. The summed E-state index contributed by atoms with van der Waals surface area (Å²) < 4.78 is 0. The fourth-order valence-corrected chi connectivity index (χ4v) is 13.0. The molecule has 1 aromatic heterocycles. The maximum atomic E-state index is 15.1. The molecule has 0 saturated carbocycles. The third-order valence-electron chi connectivity index (χ3n) is 18.6. The predicted octanol–water partition coefficient (Wildman–Crippen LogP) is 4.21. The molecule has 2 heterocycles. The lowest BCUT2D eigenvalue weighted by Crippen LogP contribution is -2.61. The zero-order chi connectivity index (χ0) is 77.9. The Morgan fingerprint density at radius 1 is 0.523 bits per heavy atom. The van der Waals surface area contributed by atoms with Gasteiger partial charge in [-0.1, -0.05) is 138 Å². The Morgan fingerprint density at radius 3 is 1.56 bits per heavy atom. The number of aliphatic hydroxyl groups excluding tert-OH is 1. The van der Waals surface area contributed by atoms with Crippen LogP contribution in [-0.2, 0) is 78.4 Å². The first kappa shape index (κ1) is 84.3. The number of likely N-dealkylation sites (tertiary alicyclic amines) is 1. The van der Waals surface area contributed by atoms with Gasteiger partial charge in [0.1, 0.15) is 66.2 Å². The van der Waals surface area contributed by atoms with E-state index in [1.807, 2.05) is 102 Å². The molecule has 28 heteroatoms. The van der Waals surface area contributed by atoms with Gasteiger partial charge in [-0.05, 0) is 147 Å². The van der Waals surface area contributed by atoms with Crippen molar-refractivity contribution in [2.24, 2.45) is 11.7 Å². The van der Waals surface area contributed by atoms with Crippen LogP contribution >= 0.6 is 11.6 Å². The zero-order valence-electron chi connectivity index (χ0n) is 62.4. The number of halogens is 1. The third-order valence-corrected chi connectivity index (χ3v) is 18.9. The monoisotopic (exact) mass is 1490 g/mol. The summed E-state index contributed by atoms with van der Waals surface area (Å²) in [4.78, 5) is 162. The van der Waals surface area contributed by atoms with Crippen molar-refractivity contribution in [3.63, 3.8) is 0 Å². The highest BCUT2D eigenvalue weighted by atomic mass is 35.5. The molecule has 0 radical (unpaired) electrons. The van der Waals surface area contributed by atoms with Crippen molar-refractivity contribution >= 4 is 98.3 Å². The van der Waals surface area contributed by atoms with Crippen molar-refractivity contribution in [2.75, 3.05) is 26.2 Å². The number of aromatic amines is 1. The minimum atomic E-state index is -1.80. The smallest absolute Gasteiger partial charge is 0.245 e. The van der Waals surface area contributed by atoms with E-state index >= 15 is 14.4 Å². The van der Waals surface area contributed by atoms with E-state index in [4.69, 9.17) is 17.3 Å². The van der Waals surface area contributed by atoms with Gasteiger partial charge in [0.25, 0.3) is 0 Å². The highest BCUT2D eigenvalue weighted by Gasteiger charge is 2.40. The van der Waals surface area contributed by atoms with E-state index in [9.17, 15) is 48.6 Å². The number of amides is 11. The fraction of sp³-hybridized carbons (Fsp3) is 0.481. The number of aliphatic hydroxyl groups is 1. The van der Waals surface area contributed by atoms with Gasteiger partial charge in [0.05, 0.1) is 6.61 Å². The van der Waals surface area contributed by atoms with Crippen molar-refractivity contribution < 1.29 is 63.0 Å². The Kier molecular flexibility index (Phi) is 32.9. The number of nitrogens with one attached hydrogen (secondary N) is 12. The molecule has 1 aliphatic rings. The van der Waals surface area contributed by atoms with Gasteiger partial charge < -0.3 is 84.3 Å². The average Bonchev–Trinajstić information content (AvgIpc) is 1.75. The summed E-state index contributed by atoms with van der Waals surface area (Å²) in [7, 11) is 0. The first-order valence-electron chi connectivity index (χ1n) is 37.0. The lowest BCUT2D eigenvalue weighted by atomic mass is 9.99. The summed E-state index contributed by atoms with van der Waals surface area (Å²) in [5, 5.41) is 55.9. The van der Waals surface area contributed by atoms with E-state index in [-0.39, 0.29) is 75.2 Å². The van der Waals surface area contributed by atoms with Crippen LogP contribution in [0.25, 0.3) is 21.7 Å². The van der Waals surface area contributed by atoms with Crippen LogP contribution in [0.1, 0.15) is 135 Å². The van der Waals surface area contributed by atoms with Crippen molar-refractivity contribution in [1.29, 1.82) is 0 Å². The number of benzene rings is 5. The molecular weight excluding hydrogens is 1390 g/mol. The van der Waals surface area contributed by atoms with Crippen LogP contribution in [0.2, 0.25) is 5.02 Å². The first-order valence-corrected chi connectivity index (χ1v) is 37.4. The molecule has 16 N–H and O–H groups in total. The predicted molar refractivity (Wildman–Crippen MR) is 410 cm³/mol. The van der Waals surface area contributed by atoms with Gasteiger partial charge in [-0.2, -0.15) is 0 Å². The normalized spacial score (nSPS) is 15.4. The summed E-state index contributed by atoms with van der Waals surface area (Å²) >= 11 is 6.28. The number of unbranched alkanes of at least 4 members (excludes halogenated alkanes) is 2. The number of aromatic hydroxyl groups is 1. The molecule has 27 nitrogen and oxygen atoms in total. The number of hydrogen-bond donors (Lipinski definition) is 15. The molecule has 7 rings (SSSR count). The van der Waals surface area contributed by atoms with Crippen LogP contribution in [0.15, 0.2) is 121 Å². The van der Waals surface area contributed by atoms with Crippen molar-refractivity contribution in [3.05, 3.63) is 149 Å². The van der Waals surface area contributed by atoms with E-state index in [1.165, 1.54) is 43.0 Å². The van der Waals surface area contributed by atoms with Gasteiger partial charge in [-0.3, -0.25) is 52.7 Å². The highest BCUT2D eigenvalue weighted by Crippen LogP contribution is 2.24. The summed E-state index contributed by atoms with van der Waals surface area (Å²) in [5.74, 6) is -8.54. The Hall–Kier alpha value is -9.96. The Bertz CT molecular complexity index is 4000. The lowest BCUT2D eigenvalue weighted by Gasteiger charge is -2.31. The number of aromatic nitrogens is 1. The Labute approximate surface area is 630 Å². The molecule has 5 aromatic carbocycles. The number of carbonyl (C=O) groups is 11. The van der Waals surface area contributed by atoms with Crippen LogP contribution in [0.4, 0.5) is 0 Å². The van der Waals surface area contributed by atoms with Gasteiger partial charge in [-0.15, -0.1) is 0 Å². The summed E-state index contributed by atoms with van der Waals surface area (Å²) in [6, 6.07) is 20.1. The Morgan fingerprint density at radius 2 is 0.991 bits per heavy atom. The molecule has 1 saturated heterocycles. The molecule has 0 spiro atoms. The van der Waals surface area contributed by atoms with Crippen molar-refractivity contribution in [3.8, 4) is 5.75 Å². The number of nitrogens with zero attached hydrogens (tertiary/aromatic N) is 1. The number of H-pyrrole nitrogens is 1. The van der Waals surface area contributed by atoms with E-state index in [1.54, 1.807) is 36.5 Å². The van der Waals surface area contributed by atoms with E-state index in [0.717, 1.165) is 16.3 Å². The molecule has 10 atom stereocenters. The molecule has 11 amide bonds. The second-order valence-electron chi connectivity index (χ2n) is 28.7. The second kappa shape index (κ2) is 41.8. The number of hydrogen-bond acceptors (Lipinski definition) is 15. The summed E-state index contributed by atoms with van der Waals surface area (Å²) in [6.45, 7) is 14.7. The number of nitrogens with two attached hydrogens (primary N) is 1. The summed E-state index contributed by atoms with van der Waals surface area (Å²) in [6.07, 6.45) is 4.29. The first-order chi connectivity index (χ1) is 51.0. The topological polar surface area (TPSA) is 406 Å². The molecule has 6 aromatic rings. The maximum absolute atomic E-state index is 15.1. The number of fused-ring (bicyclic) bond motifs is 2. The minimum absolute atomic E-state index is 0.0376. The van der Waals surface area contributed by atoms with Gasteiger partial charge in [0.15, 0.2) is 0 Å². The zero-order valence-corrected chi connectivity index (χ0v) is 63.1. The maximum Gasteiger partial charge on any atom is 0.245 e. The molecular formula is C79H107ClN14O13. The fourth-order valence-electron chi connectivity index (χ4n) is 12.9. The third kappa shape index (κ3) is 26.8. The highest BCUT2D eigenvalue weighted by molar-refractivity contribution is 6.30. The van der Waals surface area contributed by atoms with Crippen LogP contribution in [0, 0.1) is 5.92 Å². The number of para-hydroxylation sites is 1. The van der Waals surface area contributed by atoms with Crippen LogP contribution in [0.5, 0.6) is 5.75 Å². The number of phenolic OH excluding ortho intramolecular Hbond substituents is 1. The number of phenols is 1. The SMILES string of the molecule is CC(=O)NC(Cc1ccc2ccccc2c1)C(=O)NC(Cc1ccc(Cl)cc1)C(=O)NC(Cc1c[nH]c2ccccc12)C(=O)NC(CO)C(=O)NC(Cc1ccc(O)cc1)C(=O)NC(CCCCNC(C)C)C(=O)NC(CC(C)C)C(=O)NC(CCCCNC(C)C)C(=O)N1CCCC1C(=O)NC(C)C(N)=O. The molecule has 0 aliphatic carbocycles. The number of rotatable bonds is 42. The van der Waals surface area contributed by atoms with E-state index in [2.05, 4.69) is 63.5 Å². The molecule has 10 unspecified atom stereocenters. The second-order valence-corrected chi connectivity index (χ2v) is 29.1. The standard InChI is InChI=1S/C79H107ClN14O13/c1-46(2)38-63(72(100)88-62(23-14-16-36-83-48(5)6)79(107)94-37-17-24-69(94)78(106)85-49(7)70(81)98)89-71(99)61(22-13-15-35-82-47(3)4)87-74(102)65(41-52-28-33-58(97)34-29-52)91-77(105)68(45-95)93-76(104)67(43-56-44-84-60-21-12-11-20-59(56)60)92-75(103)66(40-51-26-31-57(80)32-27-51)90-73(101)64(86-50(8)96)42-53-25-30-54-18-9-10-19-55(54)39-53/h9-12,18-21,25-34,39,44,46-49,61-69,82-84,95,97H,13-17,22-24,35-38,40-43,45H2,1-8H3,(H2,81,98)(H,85,106)(H,86,96)(H,87,102)(H,88,100)(H,89,99)(H,90,101)(H,91,105)(H,92,103)(H,93,104). The number of primary amides is 1. The summed E-state index contributed by atoms with van der Waals surface area (Å²) in [5.41, 5.74) is 8.44. The molecule has 0 bridgehead atoms. The van der Waals surface area contributed by atoms with Crippen molar-refractivity contribution in [2.45, 2.75) is 211 Å². The minimum Gasteiger partial charge on any atom is -0.508 e. The van der Waals surface area contributed by atoms with Crippen LogP contribution < -0.4 is 64.2 Å². The average molecular weight is 1500 g/mol. The van der Waals surface area contributed by atoms with Crippen LogP contribution in [0.3, 0.4) is 0 Å². The quantitative estimate of drug-likeness (QED) is 0.0239. The molecule has 1 aliphatic heterocycles. The Balaban J connectivity index is 1.15. The van der Waals surface area contributed by atoms with Gasteiger partial charge >= 0.3 is 0 Å². The van der Waals surface area contributed by atoms with Crippen molar-refractivity contribution in [1.82, 2.24) is 68.4 Å². The largest absolute Gasteiger partial charge is 0.508 e. The van der Waals surface area contributed by atoms with Gasteiger partial charge in [-0.25, -0.2) is 0 Å². The number of carbonyl (C=O) groups excluding carboxylic acids is 11. The van der Waals surface area contributed by atoms with Gasteiger partial charge in [0, 0.05) is 73.4 Å². The molecule has 1 fully saturated rings. The molecule has 578 valence electrons. The van der Waals surface area contributed by atoms with E-state index < -0.39 is 132 Å². The van der Waals surface area contributed by atoms with Gasteiger partial charge in [0.2, 0.25) is 65.0 Å².